The quantitative estimate of drug-likeness (QED) is 0.468. The molecular formula is C25H23ClN2O3. The number of anilines is 2. The molecule has 1 aliphatic heterocycles. The third-order valence-electron chi connectivity index (χ3n) is 5.63. The third-order valence-corrected chi connectivity index (χ3v) is 5.85. The number of rotatable bonds is 4. The zero-order valence-corrected chi connectivity index (χ0v) is 18.0. The van der Waals surface area contributed by atoms with E-state index in [4.69, 9.17) is 11.6 Å². The Morgan fingerprint density at radius 1 is 1.03 bits per heavy atom. The highest BCUT2D eigenvalue weighted by atomic mass is 35.5. The molecule has 0 fully saturated rings. The summed E-state index contributed by atoms with van der Waals surface area (Å²) in [5.74, 6) is -1.13. The highest BCUT2D eigenvalue weighted by Gasteiger charge is 2.36. The van der Waals surface area contributed by atoms with Crippen molar-refractivity contribution in [2.24, 2.45) is 5.41 Å². The Morgan fingerprint density at radius 3 is 2.48 bits per heavy atom. The molecule has 3 aromatic carbocycles. The summed E-state index contributed by atoms with van der Waals surface area (Å²) in [6, 6.07) is 19.7. The summed E-state index contributed by atoms with van der Waals surface area (Å²) in [6.07, 6.45) is 0.708. The van der Waals surface area contributed by atoms with Gasteiger partial charge in [-0.05, 0) is 71.5 Å². The van der Waals surface area contributed by atoms with Crippen LogP contribution in [-0.2, 0) is 6.42 Å². The molecule has 3 N–H and O–H groups in total. The molecule has 0 radical (unpaired) electrons. The molecule has 1 atom stereocenters. The van der Waals surface area contributed by atoms with E-state index in [1.807, 2.05) is 36.4 Å². The largest absolute Gasteiger partial charge is 0.478 e. The average Bonchev–Trinajstić information content (AvgIpc) is 2.72. The van der Waals surface area contributed by atoms with Crippen LogP contribution in [0.4, 0.5) is 11.4 Å². The Morgan fingerprint density at radius 2 is 1.77 bits per heavy atom. The van der Waals surface area contributed by atoms with E-state index in [-0.39, 0.29) is 22.9 Å². The molecule has 0 saturated carbocycles. The van der Waals surface area contributed by atoms with Crippen molar-refractivity contribution in [2.45, 2.75) is 26.3 Å². The number of hydrogen-bond donors (Lipinski definition) is 3. The molecule has 1 aliphatic rings. The molecule has 0 saturated heterocycles. The second kappa shape index (κ2) is 8.08. The molecule has 0 aliphatic carbocycles. The van der Waals surface area contributed by atoms with Crippen LogP contribution in [0.1, 0.15) is 51.7 Å². The van der Waals surface area contributed by atoms with E-state index in [0.717, 1.165) is 16.8 Å². The van der Waals surface area contributed by atoms with Crippen molar-refractivity contribution in [3.05, 3.63) is 94.0 Å². The molecule has 0 aromatic heterocycles. The van der Waals surface area contributed by atoms with Crippen LogP contribution in [0.3, 0.4) is 0 Å². The van der Waals surface area contributed by atoms with Crippen LogP contribution in [-0.4, -0.2) is 17.0 Å². The number of carboxylic acid groups (broad SMARTS) is 1. The first-order valence-electron chi connectivity index (χ1n) is 10.0. The van der Waals surface area contributed by atoms with Crippen molar-refractivity contribution in [2.75, 3.05) is 10.6 Å². The minimum absolute atomic E-state index is 0.0678. The van der Waals surface area contributed by atoms with Crippen LogP contribution < -0.4 is 10.6 Å². The maximum absolute atomic E-state index is 12.6. The number of halogens is 1. The van der Waals surface area contributed by atoms with E-state index >= 15 is 0 Å². The lowest BCUT2D eigenvalue weighted by Crippen LogP contribution is -2.35. The van der Waals surface area contributed by atoms with E-state index < -0.39 is 5.97 Å². The Bertz CT molecular complexity index is 1160. The summed E-state index contributed by atoms with van der Waals surface area (Å²) in [5, 5.41) is 16.3. The minimum atomic E-state index is -0.934. The number of aromatic carboxylic acids is 1. The zero-order valence-electron chi connectivity index (χ0n) is 17.3. The van der Waals surface area contributed by atoms with Crippen LogP contribution in [0.5, 0.6) is 0 Å². The first-order chi connectivity index (χ1) is 14.7. The van der Waals surface area contributed by atoms with Crippen molar-refractivity contribution < 1.29 is 14.7 Å². The van der Waals surface area contributed by atoms with Gasteiger partial charge in [-0.15, -0.1) is 0 Å². The number of carbonyl (C=O) groups excluding carboxylic acids is 1. The molecule has 1 unspecified atom stereocenters. The molecule has 1 heterocycles. The fourth-order valence-electron chi connectivity index (χ4n) is 4.14. The van der Waals surface area contributed by atoms with Crippen molar-refractivity contribution in [3.8, 4) is 0 Å². The lowest BCUT2D eigenvalue weighted by molar-refractivity contribution is 0.0696. The Kier molecular flexibility index (Phi) is 5.46. The summed E-state index contributed by atoms with van der Waals surface area (Å²) < 4.78 is 0. The number of amides is 1. The van der Waals surface area contributed by atoms with Gasteiger partial charge in [0.15, 0.2) is 0 Å². The topological polar surface area (TPSA) is 78.4 Å². The monoisotopic (exact) mass is 434 g/mol. The molecule has 0 bridgehead atoms. The van der Waals surface area contributed by atoms with Crippen LogP contribution in [0, 0.1) is 5.41 Å². The number of carbonyl (C=O) groups is 2. The van der Waals surface area contributed by atoms with Gasteiger partial charge in [0.25, 0.3) is 5.91 Å². The molecule has 158 valence electrons. The molecule has 0 spiro atoms. The first-order valence-corrected chi connectivity index (χ1v) is 10.4. The molecule has 3 aromatic rings. The van der Waals surface area contributed by atoms with Gasteiger partial charge in [-0.25, -0.2) is 4.79 Å². The van der Waals surface area contributed by atoms with Crippen LogP contribution >= 0.6 is 11.6 Å². The van der Waals surface area contributed by atoms with E-state index in [2.05, 4.69) is 24.5 Å². The number of benzene rings is 3. The van der Waals surface area contributed by atoms with Gasteiger partial charge in [0, 0.05) is 22.0 Å². The minimum Gasteiger partial charge on any atom is -0.478 e. The number of carboxylic acids is 1. The Hall–Kier alpha value is -3.31. The molecular weight excluding hydrogens is 412 g/mol. The van der Waals surface area contributed by atoms with Crippen molar-refractivity contribution in [1.29, 1.82) is 0 Å². The number of fused-ring (bicyclic) bond motifs is 1. The van der Waals surface area contributed by atoms with Crippen LogP contribution in [0.25, 0.3) is 0 Å². The SMILES string of the molecule is CC1(C)Cc2cc(C(=O)O)ccc2NC1c1cc(Cl)cc(NC(=O)c2ccccc2)c1. The third kappa shape index (κ3) is 4.42. The van der Waals surface area contributed by atoms with Gasteiger partial charge in [-0.2, -0.15) is 0 Å². The standard InChI is InChI=1S/C25H23ClN2O3/c1-25(2)14-18-10-16(24(30)31)8-9-21(18)28-22(25)17-11-19(26)13-20(12-17)27-23(29)15-6-4-3-5-7-15/h3-13,22,28H,14H2,1-2H3,(H,27,29)(H,30,31). The van der Waals surface area contributed by atoms with Crippen molar-refractivity contribution >= 4 is 34.9 Å². The second-order valence-corrected chi connectivity index (χ2v) is 8.95. The summed E-state index contributed by atoms with van der Waals surface area (Å²) in [6.45, 7) is 4.26. The highest BCUT2D eigenvalue weighted by molar-refractivity contribution is 6.31. The van der Waals surface area contributed by atoms with E-state index in [9.17, 15) is 14.7 Å². The summed E-state index contributed by atoms with van der Waals surface area (Å²) in [5.41, 5.74) is 4.10. The van der Waals surface area contributed by atoms with Crippen molar-refractivity contribution in [1.82, 2.24) is 0 Å². The molecule has 4 rings (SSSR count). The zero-order chi connectivity index (χ0) is 22.2. The van der Waals surface area contributed by atoms with Crippen molar-refractivity contribution in [3.63, 3.8) is 0 Å². The predicted octanol–water partition coefficient (Wildman–Crippen LogP) is 6.03. The molecule has 31 heavy (non-hydrogen) atoms. The predicted molar refractivity (Wildman–Crippen MR) is 123 cm³/mol. The van der Waals surface area contributed by atoms with E-state index in [1.54, 1.807) is 30.3 Å². The Labute approximate surface area is 186 Å². The highest BCUT2D eigenvalue weighted by Crippen LogP contribution is 2.46. The summed E-state index contributed by atoms with van der Waals surface area (Å²) in [4.78, 5) is 23.9. The van der Waals surface area contributed by atoms with Crippen LogP contribution in [0.15, 0.2) is 66.7 Å². The first kappa shape index (κ1) is 20.9. The maximum Gasteiger partial charge on any atom is 0.335 e. The maximum atomic E-state index is 12.6. The fourth-order valence-corrected chi connectivity index (χ4v) is 4.38. The molecule has 5 nitrogen and oxygen atoms in total. The fraction of sp³-hybridized carbons (Fsp3) is 0.200. The van der Waals surface area contributed by atoms with Gasteiger partial charge >= 0.3 is 5.97 Å². The number of nitrogens with one attached hydrogen (secondary N) is 2. The van der Waals surface area contributed by atoms with E-state index in [1.165, 1.54) is 0 Å². The number of hydrogen-bond acceptors (Lipinski definition) is 3. The summed E-state index contributed by atoms with van der Waals surface area (Å²) >= 11 is 6.40. The normalized spacial score (nSPS) is 16.7. The Balaban J connectivity index is 1.64. The molecule has 1 amide bonds. The lowest BCUT2D eigenvalue weighted by Gasteiger charge is -2.41. The van der Waals surface area contributed by atoms with Gasteiger partial charge in [0.2, 0.25) is 0 Å². The van der Waals surface area contributed by atoms with Gasteiger partial charge < -0.3 is 15.7 Å². The molecule has 6 heteroatoms. The van der Waals surface area contributed by atoms with Gasteiger partial charge in [0.1, 0.15) is 0 Å². The second-order valence-electron chi connectivity index (χ2n) is 8.51. The van der Waals surface area contributed by atoms with Gasteiger partial charge in [-0.1, -0.05) is 43.6 Å². The average molecular weight is 435 g/mol. The van der Waals surface area contributed by atoms with Gasteiger partial charge in [0.05, 0.1) is 11.6 Å². The smallest absolute Gasteiger partial charge is 0.335 e. The van der Waals surface area contributed by atoms with Crippen LogP contribution in [0.2, 0.25) is 5.02 Å². The lowest BCUT2D eigenvalue weighted by atomic mass is 9.72. The van der Waals surface area contributed by atoms with E-state index in [0.29, 0.717) is 22.7 Å². The van der Waals surface area contributed by atoms with Gasteiger partial charge in [-0.3, -0.25) is 4.79 Å². The summed E-state index contributed by atoms with van der Waals surface area (Å²) in [7, 11) is 0.